The third kappa shape index (κ3) is 5.21. The van der Waals surface area contributed by atoms with E-state index >= 15 is 0 Å². The van der Waals surface area contributed by atoms with Gasteiger partial charge in [-0.1, -0.05) is 42.8 Å². The Bertz CT molecular complexity index is 1530. The molecule has 1 fully saturated rings. The molecule has 2 aromatic heterocycles. The zero-order valence-electron chi connectivity index (χ0n) is 21.6. The highest BCUT2D eigenvalue weighted by molar-refractivity contribution is 7.85. The fourth-order valence-electron chi connectivity index (χ4n) is 4.83. The minimum atomic E-state index is -1.13. The number of fused-ring (bicyclic) bond motifs is 1. The predicted molar refractivity (Wildman–Crippen MR) is 154 cm³/mol. The number of aromatic nitrogens is 3. The Morgan fingerprint density at radius 3 is 2.42 bits per heavy atom. The molecule has 0 radical (unpaired) electrons. The first kappa shape index (κ1) is 25.7. The summed E-state index contributed by atoms with van der Waals surface area (Å²) < 4.78 is 22.2. The fraction of sp³-hybridized carbons (Fsp3) is 0.267. The average Bonchev–Trinajstić information content (AvgIpc) is 3.28. The van der Waals surface area contributed by atoms with Crippen molar-refractivity contribution in [3.05, 3.63) is 78.6 Å². The van der Waals surface area contributed by atoms with Gasteiger partial charge in [0.25, 0.3) is 0 Å². The lowest BCUT2D eigenvalue weighted by molar-refractivity contribution is 0.327. The number of ether oxygens (including phenoxy) is 1. The molecule has 38 heavy (non-hydrogen) atoms. The molecule has 0 bridgehead atoms. The molecular weight excluding hydrogens is 494 g/mol. The Kier molecular flexibility index (Phi) is 7.59. The van der Waals surface area contributed by atoms with Gasteiger partial charge in [0.05, 0.1) is 5.39 Å². The molecule has 1 unspecified atom stereocenters. The van der Waals surface area contributed by atoms with Crippen molar-refractivity contribution in [3.63, 3.8) is 0 Å². The standard InChI is InChI=1S/C30H31N5O2S/c1-4-38(36)34-18-16-22(17-19-34)10-15-26-27(28-29(31)32-20-33-30(28)35(26)21(2)3)23-11-13-25(14-12-23)37-24-8-6-5-7-9-24/h4-9,11-14,20-22H,1,16-19H2,2-3H3,(H2,31,32,33). The summed E-state index contributed by atoms with van der Waals surface area (Å²) in [5, 5.41) is 2.29. The van der Waals surface area contributed by atoms with Crippen molar-refractivity contribution in [2.75, 3.05) is 18.8 Å². The van der Waals surface area contributed by atoms with Crippen LogP contribution in [-0.4, -0.2) is 36.1 Å². The Balaban J connectivity index is 1.55. The van der Waals surface area contributed by atoms with Crippen LogP contribution in [-0.2, 0) is 11.0 Å². The lowest BCUT2D eigenvalue weighted by Gasteiger charge is -2.27. The van der Waals surface area contributed by atoms with Crippen LogP contribution < -0.4 is 10.5 Å². The molecule has 0 amide bonds. The summed E-state index contributed by atoms with van der Waals surface area (Å²) in [6, 6.07) is 17.8. The highest BCUT2D eigenvalue weighted by Gasteiger charge is 2.24. The number of para-hydroxylation sites is 1. The third-order valence-electron chi connectivity index (χ3n) is 6.70. The number of hydrogen-bond acceptors (Lipinski definition) is 5. The number of nitrogens with two attached hydrogens (primary N) is 1. The summed E-state index contributed by atoms with van der Waals surface area (Å²) >= 11 is 0. The maximum atomic E-state index is 12.1. The van der Waals surface area contributed by atoms with Crippen LogP contribution in [0.1, 0.15) is 38.4 Å². The molecule has 0 saturated carbocycles. The van der Waals surface area contributed by atoms with E-state index in [0.717, 1.165) is 65.3 Å². The number of nitrogens with zero attached hydrogens (tertiary/aromatic N) is 4. The second-order valence-electron chi connectivity index (χ2n) is 9.50. The van der Waals surface area contributed by atoms with Gasteiger partial charge < -0.3 is 15.0 Å². The summed E-state index contributed by atoms with van der Waals surface area (Å²) in [6.07, 6.45) is 3.22. The van der Waals surface area contributed by atoms with Crippen LogP contribution in [0.4, 0.5) is 5.82 Å². The van der Waals surface area contributed by atoms with E-state index in [4.69, 9.17) is 10.5 Å². The molecule has 1 aliphatic heterocycles. The van der Waals surface area contributed by atoms with E-state index in [-0.39, 0.29) is 12.0 Å². The molecule has 5 rings (SSSR count). The van der Waals surface area contributed by atoms with Crippen molar-refractivity contribution < 1.29 is 8.95 Å². The topological polar surface area (TPSA) is 86.3 Å². The molecule has 194 valence electrons. The van der Waals surface area contributed by atoms with Gasteiger partial charge >= 0.3 is 0 Å². The van der Waals surface area contributed by atoms with E-state index in [1.54, 1.807) is 0 Å². The van der Waals surface area contributed by atoms with Crippen molar-refractivity contribution in [1.29, 1.82) is 0 Å². The van der Waals surface area contributed by atoms with Gasteiger partial charge in [0.2, 0.25) is 0 Å². The number of benzene rings is 2. The largest absolute Gasteiger partial charge is 0.457 e. The van der Waals surface area contributed by atoms with Crippen LogP contribution >= 0.6 is 0 Å². The van der Waals surface area contributed by atoms with E-state index in [0.29, 0.717) is 5.82 Å². The zero-order valence-corrected chi connectivity index (χ0v) is 22.4. The molecule has 8 heteroatoms. The van der Waals surface area contributed by atoms with Gasteiger partial charge in [0.15, 0.2) is 0 Å². The van der Waals surface area contributed by atoms with E-state index in [1.807, 2.05) is 58.9 Å². The molecule has 1 atom stereocenters. The van der Waals surface area contributed by atoms with Crippen LogP contribution in [0.15, 0.2) is 72.9 Å². The van der Waals surface area contributed by atoms with Crippen LogP contribution in [0.3, 0.4) is 0 Å². The van der Waals surface area contributed by atoms with Crippen molar-refractivity contribution in [2.45, 2.75) is 32.7 Å². The number of rotatable bonds is 6. The minimum Gasteiger partial charge on any atom is -0.457 e. The first-order valence-electron chi connectivity index (χ1n) is 12.7. The van der Waals surface area contributed by atoms with Gasteiger partial charge in [0.1, 0.15) is 46.0 Å². The van der Waals surface area contributed by atoms with E-state index < -0.39 is 11.0 Å². The molecule has 7 nitrogen and oxygen atoms in total. The lowest BCUT2D eigenvalue weighted by Crippen LogP contribution is -2.33. The summed E-state index contributed by atoms with van der Waals surface area (Å²) in [5.41, 5.74) is 9.96. The minimum absolute atomic E-state index is 0.113. The van der Waals surface area contributed by atoms with Crippen molar-refractivity contribution in [1.82, 2.24) is 18.8 Å². The lowest BCUT2D eigenvalue weighted by atomic mass is 9.97. The van der Waals surface area contributed by atoms with E-state index in [2.05, 4.69) is 46.8 Å². The van der Waals surface area contributed by atoms with Crippen LogP contribution in [0.5, 0.6) is 11.5 Å². The SMILES string of the molecule is C=CS(=O)N1CCC(C#Cc2c(-c3ccc(Oc4ccccc4)cc3)c3c(N)ncnc3n2C(C)C)CC1. The number of hydrogen-bond donors (Lipinski definition) is 1. The summed E-state index contributed by atoms with van der Waals surface area (Å²) in [5.74, 6) is 9.18. The number of piperidine rings is 1. The molecule has 0 aliphatic carbocycles. The quantitative estimate of drug-likeness (QED) is 0.316. The van der Waals surface area contributed by atoms with Crippen molar-refractivity contribution in [2.24, 2.45) is 5.92 Å². The number of nitrogen functional groups attached to an aromatic ring is 1. The second-order valence-corrected chi connectivity index (χ2v) is 10.9. The average molecular weight is 526 g/mol. The molecule has 3 heterocycles. The van der Waals surface area contributed by atoms with Gasteiger partial charge in [0, 0.05) is 36.0 Å². The van der Waals surface area contributed by atoms with Gasteiger partial charge in [-0.3, -0.25) is 0 Å². The van der Waals surface area contributed by atoms with Gasteiger partial charge in [-0.15, -0.1) is 0 Å². The first-order valence-corrected chi connectivity index (χ1v) is 13.9. The Hall–Kier alpha value is -3.93. The smallest absolute Gasteiger partial charge is 0.147 e. The highest BCUT2D eigenvalue weighted by atomic mass is 32.2. The Labute approximate surface area is 225 Å². The van der Waals surface area contributed by atoms with Crippen molar-refractivity contribution in [3.8, 4) is 34.5 Å². The third-order valence-corrected chi connectivity index (χ3v) is 7.86. The monoisotopic (exact) mass is 525 g/mol. The fourth-order valence-corrected chi connectivity index (χ4v) is 5.61. The van der Waals surface area contributed by atoms with Crippen LogP contribution in [0.25, 0.3) is 22.2 Å². The van der Waals surface area contributed by atoms with Gasteiger partial charge in [-0.05, 0) is 62.4 Å². The molecule has 4 aromatic rings. The highest BCUT2D eigenvalue weighted by Crippen LogP contribution is 2.39. The van der Waals surface area contributed by atoms with Crippen LogP contribution in [0.2, 0.25) is 0 Å². The number of anilines is 1. The maximum Gasteiger partial charge on any atom is 0.147 e. The normalized spacial score (nSPS) is 15.2. The zero-order chi connectivity index (χ0) is 26.6. The molecule has 2 N–H and O–H groups in total. The molecule has 0 spiro atoms. The van der Waals surface area contributed by atoms with Crippen molar-refractivity contribution >= 4 is 27.8 Å². The summed E-state index contributed by atoms with van der Waals surface area (Å²) in [6.45, 7) is 9.35. The van der Waals surface area contributed by atoms with Gasteiger partial charge in [-0.2, -0.15) is 0 Å². The maximum absolute atomic E-state index is 12.1. The summed E-state index contributed by atoms with van der Waals surface area (Å²) in [4.78, 5) is 8.91. The summed E-state index contributed by atoms with van der Waals surface area (Å²) in [7, 11) is -1.13. The predicted octanol–water partition coefficient (Wildman–Crippen LogP) is 5.92. The van der Waals surface area contributed by atoms with E-state index in [9.17, 15) is 4.21 Å². The van der Waals surface area contributed by atoms with Gasteiger partial charge in [-0.25, -0.2) is 18.5 Å². The van der Waals surface area contributed by atoms with Crippen LogP contribution in [0, 0.1) is 17.8 Å². The molecule has 1 aliphatic rings. The Morgan fingerprint density at radius 1 is 1.08 bits per heavy atom. The molecule has 2 aromatic carbocycles. The molecule has 1 saturated heterocycles. The second kappa shape index (κ2) is 11.2. The van der Waals surface area contributed by atoms with E-state index in [1.165, 1.54) is 11.7 Å². The first-order chi connectivity index (χ1) is 18.5. The Morgan fingerprint density at radius 2 is 1.76 bits per heavy atom. The molecular formula is C30H31N5O2S.